The van der Waals surface area contributed by atoms with Gasteiger partial charge in [0.15, 0.2) is 11.5 Å². The molecule has 0 spiro atoms. The molecule has 0 saturated heterocycles. The number of aryl methyl sites for hydroxylation is 1. The first kappa shape index (κ1) is 22.3. The van der Waals surface area contributed by atoms with E-state index in [1.54, 1.807) is 19.1 Å². The molecule has 5 rings (SSSR count). The van der Waals surface area contributed by atoms with E-state index in [9.17, 15) is 9.59 Å². The van der Waals surface area contributed by atoms with Crippen molar-refractivity contribution in [2.24, 2.45) is 5.92 Å². The third-order valence-electron chi connectivity index (χ3n) is 6.34. The molecule has 0 saturated carbocycles. The fraction of sp³-hybridized carbons (Fsp3) is 0.385. The van der Waals surface area contributed by atoms with Gasteiger partial charge in [-0.2, -0.15) is 0 Å². The van der Waals surface area contributed by atoms with Gasteiger partial charge in [-0.3, -0.25) is 14.5 Å². The molecule has 0 aliphatic carbocycles. The highest BCUT2D eigenvalue weighted by molar-refractivity contribution is 5.87. The van der Waals surface area contributed by atoms with E-state index in [2.05, 4.69) is 0 Å². The Kier molecular flexibility index (Phi) is 5.69. The first-order chi connectivity index (χ1) is 16.4. The standard InChI is InChI=1S/C26H27NO7/c1-14(2)23(26(29)30-4)27-12-18-19(33-13-27)8-6-17-24(28)22(15(3)34-25(17)18)16-5-7-20-21(11-16)32-10-9-31-20/h5-8,11,14,23H,9-10,12-13H2,1-4H3. The number of fused-ring (bicyclic) bond motifs is 4. The van der Waals surface area contributed by atoms with Gasteiger partial charge in [0.25, 0.3) is 0 Å². The lowest BCUT2D eigenvalue weighted by Gasteiger charge is -2.35. The highest BCUT2D eigenvalue weighted by atomic mass is 16.6. The lowest BCUT2D eigenvalue weighted by molar-refractivity contribution is -0.151. The average molecular weight is 466 g/mol. The molecule has 1 unspecified atom stereocenters. The predicted molar refractivity (Wildman–Crippen MR) is 125 cm³/mol. The van der Waals surface area contributed by atoms with Crippen molar-refractivity contribution in [2.45, 2.75) is 33.4 Å². The van der Waals surface area contributed by atoms with Crippen LogP contribution >= 0.6 is 0 Å². The van der Waals surface area contributed by atoms with Gasteiger partial charge in [-0.1, -0.05) is 19.9 Å². The van der Waals surface area contributed by atoms with Crippen LogP contribution in [0.2, 0.25) is 0 Å². The molecule has 1 atom stereocenters. The van der Waals surface area contributed by atoms with Gasteiger partial charge in [-0.15, -0.1) is 0 Å². The molecule has 2 aromatic carbocycles. The Balaban J connectivity index is 1.60. The molecule has 3 heterocycles. The molecule has 0 fully saturated rings. The summed E-state index contributed by atoms with van der Waals surface area (Å²) in [5.74, 6) is 2.11. The second kappa shape index (κ2) is 8.68. The lowest BCUT2D eigenvalue weighted by atomic mass is 9.98. The lowest BCUT2D eigenvalue weighted by Crippen LogP contribution is -2.48. The van der Waals surface area contributed by atoms with Crippen LogP contribution in [0.25, 0.3) is 22.1 Å². The van der Waals surface area contributed by atoms with Crippen molar-refractivity contribution in [3.63, 3.8) is 0 Å². The van der Waals surface area contributed by atoms with E-state index in [-0.39, 0.29) is 24.0 Å². The molecule has 8 nitrogen and oxygen atoms in total. The summed E-state index contributed by atoms with van der Waals surface area (Å²) in [7, 11) is 1.38. The van der Waals surface area contributed by atoms with E-state index in [1.165, 1.54) is 7.11 Å². The van der Waals surface area contributed by atoms with Crippen LogP contribution in [0.3, 0.4) is 0 Å². The van der Waals surface area contributed by atoms with Gasteiger partial charge >= 0.3 is 5.97 Å². The molecule has 2 aliphatic heterocycles. The van der Waals surface area contributed by atoms with Crippen molar-refractivity contribution in [1.29, 1.82) is 0 Å². The summed E-state index contributed by atoms with van der Waals surface area (Å²) in [5.41, 5.74) is 2.26. The van der Waals surface area contributed by atoms with Gasteiger partial charge in [-0.05, 0) is 42.7 Å². The molecule has 34 heavy (non-hydrogen) atoms. The number of hydrogen-bond donors (Lipinski definition) is 0. The Morgan fingerprint density at radius 2 is 1.76 bits per heavy atom. The molecular weight excluding hydrogens is 438 g/mol. The summed E-state index contributed by atoms with van der Waals surface area (Å²) in [6, 6.07) is 8.51. The Labute approximate surface area is 197 Å². The number of hydrogen-bond acceptors (Lipinski definition) is 8. The largest absolute Gasteiger partial charge is 0.486 e. The Morgan fingerprint density at radius 1 is 1.03 bits per heavy atom. The van der Waals surface area contributed by atoms with Crippen molar-refractivity contribution in [3.05, 3.63) is 51.9 Å². The van der Waals surface area contributed by atoms with Crippen molar-refractivity contribution < 1.29 is 28.2 Å². The third kappa shape index (κ3) is 3.68. The quantitative estimate of drug-likeness (QED) is 0.537. The van der Waals surface area contributed by atoms with Gasteiger partial charge in [-0.25, -0.2) is 0 Å². The van der Waals surface area contributed by atoms with Gasteiger partial charge in [0.05, 0.1) is 23.6 Å². The average Bonchev–Trinajstić information content (AvgIpc) is 2.83. The normalized spacial score (nSPS) is 16.1. The van der Waals surface area contributed by atoms with Crippen LogP contribution in [0, 0.1) is 12.8 Å². The van der Waals surface area contributed by atoms with Crippen molar-refractivity contribution in [1.82, 2.24) is 4.90 Å². The molecule has 8 heteroatoms. The van der Waals surface area contributed by atoms with Crippen LogP contribution in [-0.4, -0.2) is 44.0 Å². The maximum absolute atomic E-state index is 13.6. The minimum Gasteiger partial charge on any atom is -0.486 e. The molecule has 0 radical (unpaired) electrons. The van der Waals surface area contributed by atoms with Gasteiger partial charge in [0.1, 0.15) is 43.1 Å². The molecule has 0 N–H and O–H groups in total. The molecule has 0 amide bonds. The summed E-state index contributed by atoms with van der Waals surface area (Å²) in [6.07, 6.45) is 0. The monoisotopic (exact) mass is 465 g/mol. The fourth-order valence-electron chi connectivity index (χ4n) is 4.77. The number of carbonyl (C=O) groups is 1. The van der Waals surface area contributed by atoms with Crippen LogP contribution in [0.15, 0.2) is 39.5 Å². The van der Waals surface area contributed by atoms with Crippen LogP contribution in [0.4, 0.5) is 0 Å². The summed E-state index contributed by atoms with van der Waals surface area (Å²) >= 11 is 0. The number of ether oxygens (including phenoxy) is 4. The number of esters is 1. The summed E-state index contributed by atoms with van der Waals surface area (Å²) in [6.45, 7) is 7.31. The Morgan fingerprint density at radius 3 is 2.50 bits per heavy atom. The summed E-state index contributed by atoms with van der Waals surface area (Å²) in [5, 5.41) is 0.457. The van der Waals surface area contributed by atoms with Crippen LogP contribution < -0.4 is 19.6 Å². The van der Waals surface area contributed by atoms with E-state index < -0.39 is 6.04 Å². The first-order valence-corrected chi connectivity index (χ1v) is 11.3. The molecule has 1 aromatic heterocycles. The number of carbonyl (C=O) groups excluding carboxylic acids is 1. The minimum absolute atomic E-state index is 0.0168. The summed E-state index contributed by atoms with van der Waals surface area (Å²) < 4.78 is 28.5. The van der Waals surface area contributed by atoms with Gasteiger partial charge < -0.3 is 23.4 Å². The molecule has 2 aliphatic rings. The second-order valence-electron chi connectivity index (χ2n) is 8.87. The van der Waals surface area contributed by atoms with Crippen molar-refractivity contribution in [3.8, 4) is 28.4 Å². The maximum Gasteiger partial charge on any atom is 0.323 e. The predicted octanol–water partition coefficient (Wildman–Crippen LogP) is 3.89. The number of nitrogens with zero attached hydrogens (tertiary/aromatic N) is 1. The van der Waals surface area contributed by atoms with E-state index in [0.29, 0.717) is 64.9 Å². The van der Waals surface area contributed by atoms with E-state index in [0.717, 1.165) is 5.56 Å². The smallest absolute Gasteiger partial charge is 0.323 e. The molecule has 178 valence electrons. The van der Waals surface area contributed by atoms with E-state index >= 15 is 0 Å². The Hall–Kier alpha value is -3.52. The van der Waals surface area contributed by atoms with Crippen LogP contribution in [0.5, 0.6) is 17.2 Å². The van der Waals surface area contributed by atoms with Crippen LogP contribution in [-0.2, 0) is 16.1 Å². The highest BCUT2D eigenvalue weighted by Crippen LogP contribution is 2.37. The van der Waals surface area contributed by atoms with Gasteiger partial charge in [0.2, 0.25) is 5.43 Å². The molecule has 3 aromatic rings. The zero-order valence-electron chi connectivity index (χ0n) is 19.7. The third-order valence-corrected chi connectivity index (χ3v) is 6.34. The molecular formula is C26H27NO7. The second-order valence-corrected chi connectivity index (χ2v) is 8.87. The van der Waals surface area contributed by atoms with E-state index in [4.69, 9.17) is 23.4 Å². The van der Waals surface area contributed by atoms with Gasteiger partial charge in [0, 0.05) is 6.54 Å². The maximum atomic E-state index is 13.6. The highest BCUT2D eigenvalue weighted by Gasteiger charge is 2.34. The Bertz CT molecular complexity index is 1330. The molecule has 0 bridgehead atoms. The SMILES string of the molecule is COC(=O)C(C(C)C)N1COc2ccc3c(=O)c(-c4ccc5c(c4)OCCO5)c(C)oc3c2C1. The summed E-state index contributed by atoms with van der Waals surface area (Å²) in [4.78, 5) is 28.0. The zero-order chi connectivity index (χ0) is 24.0. The van der Waals surface area contributed by atoms with Crippen molar-refractivity contribution >= 4 is 16.9 Å². The van der Waals surface area contributed by atoms with Crippen molar-refractivity contribution in [2.75, 3.05) is 27.1 Å². The van der Waals surface area contributed by atoms with Crippen LogP contribution in [0.1, 0.15) is 25.2 Å². The number of rotatable bonds is 4. The first-order valence-electron chi connectivity index (χ1n) is 11.3. The number of benzene rings is 2. The zero-order valence-corrected chi connectivity index (χ0v) is 19.7. The van der Waals surface area contributed by atoms with E-state index in [1.807, 2.05) is 36.9 Å². The minimum atomic E-state index is -0.474. The fourth-order valence-corrected chi connectivity index (χ4v) is 4.77. The topological polar surface area (TPSA) is 87.4 Å². The number of methoxy groups -OCH3 is 1.